The minimum Gasteiger partial charge on any atom is -0.468 e. The largest absolute Gasteiger partial charge is 0.468 e. The van der Waals surface area contributed by atoms with E-state index in [4.69, 9.17) is 5.84 Å². The molecule has 0 saturated heterocycles. The second-order valence-electron chi connectivity index (χ2n) is 3.43. The number of ether oxygens (including phenoxy) is 1. The molecule has 1 aromatic carbocycles. The van der Waals surface area contributed by atoms with Gasteiger partial charge in [0.05, 0.1) is 19.3 Å². The Morgan fingerprint density at radius 1 is 1.67 bits per heavy atom. The number of rotatable bonds is 1. The van der Waals surface area contributed by atoms with Gasteiger partial charge in [-0.3, -0.25) is 4.79 Å². The van der Waals surface area contributed by atoms with Crippen LogP contribution in [0.3, 0.4) is 0 Å². The fourth-order valence-electron chi connectivity index (χ4n) is 1.80. The number of carbonyl (C=O) groups excluding carboxylic acids is 1. The fraction of sp³-hybridized carbons (Fsp3) is 0.300. The maximum Gasteiger partial charge on any atom is 0.315 e. The van der Waals surface area contributed by atoms with Gasteiger partial charge in [0, 0.05) is 0 Å². The molecule has 0 bridgehead atoms. The number of nitrogens with two attached hydrogens (primary N) is 1. The number of hydrogen-bond acceptors (Lipinski definition) is 4. The molecule has 0 amide bonds. The van der Waals surface area contributed by atoms with E-state index in [1.165, 1.54) is 24.3 Å². The zero-order chi connectivity index (χ0) is 11.0. The zero-order valence-corrected chi connectivity index (χ0v) is 8.24. The minimum atomic E-state index is -0.495. The molecule has 1 aliphatic heterocycles. The Labute approximate surface area is 86.4 Å². The molecule has 1 atom stereocenters. The van der Waals surface area contributed by atoms with E-state index in [-0.39, 0.29) is 5.82 Å². The molecule has 4 nitrogen and oxygen atoms in total. The smallest absolute Gasteiger partial charge is 0.315 e. The highest BCUT2D eigenvalue weighted by Crippen LogP contribution is 2.35. The predicted molar refractivity (Wildman–Crippen MR) is 52.7 cm³/mol. The Bertz CT molecular complexity index is 408. The fourth-order valence-corrected chi connectivity index (χ4v) is 1.80. The number of hydrazine groups is 1. The molecule has 1 aliphatic rings. The van der Waals surface area contributed by atoms with Crippen LogP contribution in [-0.2, 0) is 9.53 Å². The standard InChI is InChI=1S/C10H11FN2O2/c1-15-10(14)8-5-13(12)9-3-2-6(11)4-7(8)9/h2-4,8H,5,12H2,1H3. The van der Waals surface area contributed by atoms with Gasteiger partial charge in [-0.2, -0.15) is 0 Å². The number of anilines is 1. The number of benzene rings is 1. The van der Waals surface area contributed by atoms with Crippen molar-refractivity contribution < 1.29 is 13.9 Å². The van der Waals surface area contributed by atoms with Crippen LogP contribution in [0.15, 0.2) is 18.2 Å². The van der Waals surface area contributed by atoms with Crippen molar-refractivity contribution in [3.63, 3.8) is 0 Å². The van der Waals surface area contributed by atoms with Crippen LogP contribution in [0.2, 0.25) is 0 Å². The number of methoxy groups -OCH3 is 1. The van der Waals surface area contributed by atoms with Gasteiger partial charge in [0.2, 0.25) is 0 Å². The van der Waals surface area contributed by atoms with E-state index in [0.717, 1.165) is 0 Å². The van der Waals surface area contributed by atoms with Gasteiger partial charge in [-0.05, 0) is 23.8 Å². The van der Waals surface area contributed by atoms with Crippen molar-refractivity contribution >= 4 is 11.7 Å². The van der Waals surface area contributed by atoms with Gasteiger partial charge in [-0.25, -0.2) is 10.2 Å². The van der Waals surface area contributed by atoms with Crippen molar-refractivity contribution in [1.29, 1.82) is 0 Å². The number of carbonyl (C=O) groups is 1. The van der Waals surface area contributed by atoms with Crippen LogP contribution in [0, 0.1) is 5.82 Å². The monoisotopic (exact) mass is 210 g/mol. The Balaban J connectivity index is 2.44. The summed E-state index contributed by atoms with van der Waals surface area (Å²) in [6.07, 6.45) is 0. The number of hydrogen-bond donors (Lipinski definition) is 1. The molecule has 80 valence electrons. The zero-order valence-electron chi connectivity index (χ0n) is 8.24. The minimum absolute atomic E-state index is 0.325. The van der Waals surface area contributed by atoms with Crippen LogP contribution in [0.25, 0.3) is 0 Å². The SMILES string of the molecule is COC(=O)C1CN(N)c2ccc(F)cc21. The summed E-state index contributed by atoms with van der Waals surface area (Å²) in [6.45, 7) is 0.325. The Kier molecular flexibility index (Phi) is 2.32. The number of esters is 1. The van der Waals surface area contributed by atoms with E-state index in [9.17, 15) is 9.18 Å². The summed E-state index contributed by atoms with van der Waals surface area (Å²) in [5.41, 5.74) is 1.26. The van der Waals surface area contributed by atoms with E-state index >= 15 is 0 Å². The lowest BCUT2D eigenvalue weighted by molar-refractivity contribution is -0.142. The van der Waals surface area contributed by atoms with Crippen molar-refractivity contribution in [1.82, 2.24) is 0 Å². The Hall–Kier alpha value is -1.62. The second-order valence-corrected chi connectivity index (χ2v) is 3.43. The molecule has 0 aromatic heterocycles. The van der Waals surface area contributed by atoms with Crippen LogP contribution < -0.4 is 10.9 Å². The molecule has 1 heterocycles. The predicted octanol–water partition coefficient (Wildman–Crippen LogP) is 0.776. The summed E-state index contributed by atoms with van der Waals surface area (Å²) >= 11 is 0. The van der Waals surface area contributed by atoms with Crippen molar-refractivity contribution in [2.45, 2.75) is 5.92 Å². The maximum absolute atomic E-state index is 13.0. The lowest BCUT2D eigenvalue weighted by atomic mass is 10.0. The third-order valence-electron chi connectivity index (χ3n) is 2.54. The van der Waals surface area contributed by atoms with Crippen LogP contribution in [0.4, 0.5) is 10.1 Å². The topological polar surface area (TPSA) is 55.6 Å². The highest BCUT2D eigenvalue weighted by molar-refractivity contribution is 5.84. The lowest BCUT2D eigenvalue weighted by Gasteiger charge is -2.10. The van der Waals surface area contributed by atoms with Gasteiger partial charge in [-0.1, -0.05) is 0 Å². The van der Waals surface area contributed by atoms with Crippen molar-refractivity contribution in [3.8, 4) is 0 Å². The molecule has 0 spiro atoms. The lowest BCUT2D eigenvalue weighted by Crippen LogP contribution is -2.31. The van der Waals surface area contributed by atoms with Gasteiger partial charge in [0.15, 0.2) is 0 Å². The molecule has 0 saturated carbocycles. The molecular weight excluding hydrogens is 199 g/mol. The molecule has 1 unspecified atom stereocenters. The van der Waals surface area contributed by atoms with Gasteiger partial charge in [0.25, 0.3) is 0 Å². The molecule has 0 aliphatic carbocycles. The van der Waals surface area contributed by atoms with E-state index < -0.39 is 11.9 Å². The van der Waals surface area contributed by atoms with Crippen LogP contribution in [0.1, 0.15) is 11.5 Å². The van der Waals surface area contributed by atoms with Gasteiger partial charge >= 0.3 is 5.97 Å². The van der Waals surface area contributed by atoms with Crippen LogP contribution in [-0.4, -0.2) is 19.6 Å². The summed E-state index contributed by atoms with van der Waals surface area (Å²) in [7, 11) is 1.31. The Morgan fingerprint density at radius 3 is 3.07 bits per heavy atom. The summed E-state index contributed by atoms with van der Waals surface area (Å²) in [5.74, 6) is 4.42. The molecule has 2 rings (SSSR count). The van der Waals surface area contributed by atoms with Crippen molar-refractivity contribution in [2.24, 2.45) is 5.84 Å². The van der Waals surface area contributed by atoms with Crippen LogP contribution >= 0.6 is 0 Å². The first-order valence-corrected chi connectivity index (χ1v) is 4.53. The van der Waals surface area contributed by atoms with Gasteiger partial charge in [-0.15, -0.1) is 0 Å². The molecule has 0 radical (unpaired) electrons. The average Bonchev–Trinajstić information content (AvgIpc) is 2.54. The molecule has 5 heteroatoms. The van der Waals surface area contributed by atoms with Crippen molar-refractivity contribution in [3.05, 3.63) is 29.6 Å². The second kappa shape index (κ2) is 3.51. The van der Waals surface area contributed by atoms with Gasteiger partial charge in [0.1, 0.15) is 11.7 Å². The molecule has 1 aromatic rings. The first kappa shape index (κ1) is 9.92. The maximum atomic E-state index is 13.0. The molecule has 0 fully saturated rings. The summed E-state index contributed by atoms with van der Waals surface area (Å²) < 4.78 is 17.7. The molecule has 2 N–H and O–H groups in total. The highest BCUT2D eigenvalue weighted by atomic mass is 19.1. The summed E-state index contributed by atoms with van der Waals surface area (Å²) in [6, 6.07) is 4.20. The number of nitrogens with zero attached hydrogens (tertiary/aromatic N) is 1. The highest BCUT2D eigenvalue weighted by Gasteiger charge is 2.33. The van der Waals surface area contributed by atoms with E-state index in [2.05, 4.69) is 4.74 Å². The van der Waals surface area contributed by atoms with E-state index in [0.29, 0.717) is 17.8 Å². The number of fused-ring (bicyclic) bond motifs is 1. The van der Waals surface area contributed by atoms with Gasteiger partial charge < -0.3 is 9.75 Å². The number of halogens is 1. The third kappa shape index (κ3) is 1.55. The first-order chi connectivity index (χ1) is 7.13. The first-order valence-electron chi connectivity index (χ1n) is 4.53. The van der Waals surface area contributed by atoms with Crippen LogP contribution in [0.5, 0.6) is 0 Å². The third-order valence-corrected chi connectivity index (χ3v) is 2.54. The average molecular weight is 210 g/mol. The quantitative estimate of drug-likeness (QED) is 0.549. The van der Waals surface area contributed by atoms with E-state index in [1.54, 1.807) is 6.07 Å². The van der Waals surface area contributed by atoms with Crippen molar-refractivity contribution in [2.75, 3.05) is 18.7 Å². The van der Waals surface area contributed by atoms with E-state index in [1.807, 2.05) is 0 Å². The Morgan fingerprint density at radius 2 is 2.40 bits per heavy atom. The molecule has 15 heavy (non-hydrogen) atoms. The normalized spacial score (nSPS) is 18.9. The summed E-state index contributed by atoms with van der Waals surface area (Å²) in [4.78, 5) is 11.4. The molecular formula is C10H11FN2O2. The summed E-state index contributed by atoms with van der Waals surface area (Å²) in [5, 5.41) is 1.43.